The molecule has 0 spiro atoms. The molecule has 1 aliphatic carbocycles. The molecule has 24 heavy (non-hydrogen) atoms. The minimum Gasteiger partial charge on any atom is -0.454 e. The molecule has 132 valence electrons. The van der Waals surface area contributed by atoms with Crippen molar-refractivity contribution in [3.8, 4) is 11.5 Å². The maximum absolute atomic E-state index is 12.0. The second-order valence-electron chi connectivity index (χ2n) is 6.51. The zero-order chi connectivity index (χ0) is 16.8. The molecule has 2 aliphatic rings. The third-order valence-electron chi connectivity index (χ3n) is 4.68. The van der Waals surface area contributed by atoms with Crippen LogP contribution in [-0.2, 0) is 0 Å². The van der Waals surface area contributed by atoms with Crippen LogP contribution in [0.15, 0.2) is 18.2 Å². The predicted molar refractivity (Wildman–Crippen MR) is 90.2 cm³/mol. The average molecular weight is 334 g/mol. The minimum absolute atomic E-state index is 0.139. The van der Waals surface area contributed by atoms with Crippen LogP contribution in [0.5, 0.6) is 11.5 Å². The molecule has 1 atom stereocenters. The number of carbonyl (C=O) groups is 1. The number of fused-ring (bicyclic) bond motifs is 1. The van der Waals surface area contributed by atoms with Crippen LogP contribution in [0, 0.1) is 0 Å². The number of aliphatic hydroxyl groups is 1. The van der Waals surface area contributed by atoms with E-state index in [0.717, 1.165) is 18.4 Å². The molecule has 1 aromatic carbocycles. The van der Waals surface area contributed by atoms with E-state index in [1.54, 1.807) is 12.1 Å². The van der Waals surface area contributed by atoms with Crippen LogP contribution in [-0.4, -0.2) is 30.5 Å². The Hall–Kier alpha value is -1.95. The van der Waals surface area contributed by atoms with Crippen molar-refractivity contribution < 1.29 is 19.4 Å². The van der Waals surface area contributed by atoms with Gasteiger partial charge in [-0.2, -0.15) is 0 Å². The number of hydrogen-bond acceptors (Lipinski definition) is 4. The Morgan fingerprint density at radius 3 is 2.71 bits per heavy atom. The Labute approximate surface area is 142 Å². The molecule has 2 amide bonds. The molecular weight excluding hydrogens is 308 g/mol. The SMILES string of the molecule is O=C(NCCC(O)c1ccc2c(c1)OCO2)NC1CCCCCC1. The molecule has 6 nitrogen and oxygen atoms in total. The first-order valence-electron chi connectivity index (χ1n) is 8.84. The summed E-state index contributed by atoms with van der Waals surface area (Å²) in [6.45, 7) is 0.645. The first kappa shape index (κ1) is 16.9. The van der Waals surface area contributed by atoms with Crippen LogP contribution in [0.3, 0.4) is 0 Å². The van der Waals surface area contributed by atoms with E-state index in [2.05, 4.69) is 10.6 Å². The Kier molecular flexibility index (Phi) is 5.80. The van der Waals surface area contributed by atoms with Gasteiger partial charge in [-0.05, 0) is 37.0 Å². The van der Waals surface area contributed by atoms with Gasteiger partial charge in [-0.3, -0.25) is 0 Å². The second-order valence-corrected chi connectivity index (χ2v) is 6.51. The smallest absolute Gasteiger partial charge is 0.315 e. The van der Waals surface area contributed by atoms with Gasteiger partial charge in [0.1, 0.15) is 0 Å². The number of rotatable bonds is 5. The third kappa shape index (κ3) is 4.54. The number of amides is 2. The molecule has 1 heterocycles. The number of aliphatic hydroxyl groups excluding tert-OH is 1. The van der Waals surface area contributed by atoms with E-state index < -0.39 is 6.10 Å². The van der Waals surface area contributed by atoms with Gasteiger partial charge in [0.2, 0.25) is 6.79 Å². The van der Waals surface area contributed by atoms with Crippen LogP contribution in [0.4, 0.5) is 4.79 Å². The quantitative estimate of drug-likeness (QED) is 0.724. The first-order valence-corrected chi connectivity index (χ1v) is 8.84. The van der Waals surface area contributed by atoms with Gasteiger partial charge in [-0.15, -0.1) is 0 Å². The molecule has 1 fully saturated rings. The number of nitrogens with one attached hydrogen (secondary N) is 2. The Bertz CT molecular complexity index is 556. The van der Waals surface area contributed by atoms with E-state index in [4.69, 9.17) is 9.47 Å². The largest absolute Gasteiger partial charge is 0.454 e. The van der Waals surface area contributed by atoms with Crippen molar-refractivity contribution in [2.75, 3.05) is 13.3 Å². The molecule has 1 saturated carbocycles. The van der Waals surface area contributed by atoms with E-state index in [1.807, 2.05) is 6.07 Å². The van der Waals surface area contributed by atoms with Gasteiger partial charge in [0, 0.05) is 12.6 Å². The van der Waals surface area contributed by atoms with Gasteiger partial charge in [-0.1, -0.05) is 31.7 Å². The second kappa shape index (κ2) is 8.24. The van der Waals surface area contributed by atoms with Crippen molar-refractivity contribution in [3.63, 3.8) is 0 Å². The van der Waals surface area contributed by atoms with Crippen LogP contribution in [0.1, 0.15) is 56.6 Å². The van der Waals surface area contributed by atoms with E-state index in [1.165, 1.54) is 25.7 Å². The summed E-state index contributed by atoms with van der Waals surface area (Å²) in [5.74, 6) is 1.36. The summed E-state index contributed by atoms with van der Waals surface area (Å²) < 4.78 is 10.6. The molecular formula is C18H26N2O4. The van der Waals surface area contributed by atoms with Gasteiger partial charge in [-0.25, -0.2) is 4.79 Å². The normalized spacial score (nSPS) is 18.7. The summed E-state index contributed by atoms with van der Waals surface area (Å²) in [5, 5.41) is 16.1. The van der Waals surface area contributed by atoms with Crippen LogP contribution in [0.25, 0.3) is 0 Å². The fraction of sp³-hybridized carbons (Fsp3) is 0.611. The van der Waals surface area contributed by atoms with Gasteiger partial charge in [0.15, 0.2) is 11.5 Å². The summed E-state index contributed by atoms with van der Waals surface area (Å²) in [5.41, 5.74) is 0.769. The average Bonchev–Trinajstić information content (AvgIpc) is 2.90. The number of urea groups is 1. The Balaban J connectivity index is 1.39. The van der Waals surface area contributed by atoms with E-state index in [9.17, 15) is 9.90 Å². The summed E-state index contributed by atoms with van der Waals surface area (Å²) in [6.07, 6.45) is 6.85. The van der Waals surface area contributed by atoms with Gasteiger partial charge >= 0.3 is 6.03 Å². The maximum Gasteiger partial charge on any atom is 0.315 e. The summed E-state index contributed by atoms with van der Waals surface area (Å²) >= 11 is 0. The van der Waals surface area contributed by atoms with E-state index in [-0.39, 0.29) is 18.9 Å². The maximum atomic E-state index is 12.0. The number of benzene rings is 1. The minimum atomic E-state index is -0.641. The van der Waals surface area contributed by atoms with Crippen molar-refractivity contribution in [2.45, 2.75) is 57.1 Å². The van der Waals surface area contributed by atoms with Crippen LogP contribution in [0.2, 0.25) is 0 Å². The van der Waals surface area contributed by atoms with Crippen molar-refractivity contribution in [2.24, 2.45) is 0 Å². The highest BCUT2D eigenvalue weighted by atomic mass is 16.7. The lowest BCUT2D eigenvalue weighted by molar-refractivity contribution is 0.164. The lowest BCUT2D eigenvalue weighted by atomic mass is 10.1. The molecule has 0 aromatic heterocycles. The fourth-order valence-corrected chi connectivity index (χ4v) is 3.27. The Morgan fingerprint density at radius 1 is 1.17 bits per heavy atom. The zero-order valence-electron chi connectivity index (χ0n) is 13.9. The number of carbonyl (C=O) groups excluding carboxylic acids is 1. The highest BCUT2D eigenvalue weighted by Crippen LogP contribution is 2.34. The monoisotopic (exact) mass is 334 g/mol. The molecule has 0 bridgehead atoms. The van der Waals surface area contributed by atoms with Crippen molar-refractivity contribution in [1.82, 2.24) is 10.6 Å². The van der Waals surface area contributed by atoms with Crippen molar-refractivity contribution in [1.29, 1.82) is 0 Å². The highest BCUT2D eigenvalue weighted by molar-refractivity contribution is 5.74. The molecule has 1 unspecified atom stereocenters. The topological polar surface area (TPSA) is 79.8 Å². The predicted octanol–water partition coefficient (Wildman–Crippen LogP) is 2.86. The zero-order valence-corrected chi connectivity index (χ0v) is 13.9. The van der Waals surface area contributed by atoms with Gasteiger partial charge in [0.25, 0.3) is 0 Å². The number of ether oxygens (including phenoxy) is 2. The van der Waals surface area contributed by atoms with Crippen molar-refractivity contribution in [3.05, 3.63) is 23.8 Å². The van der Waals surface area contributed by atoms with Crippen molar-refractivity contribution >= 4 is 6.03 Å². The molecule has 1 aliphatic heterocycles. The first-order chi connectivity index (χ1) is 11.7. The summed E-state index contributed by atoms with van der Waals surface area (Å²) in [4.78, 5) is 12.0. The molecule has 3 N–H and O–H groups in total. The molecule has 6 heteroatoms. The highest BCUT2D eigenvalue weighted by Gasteiger charge is 2.17. The lowest BCUT2D eigenvalue weighted by Crippen LogP contribution is -2.42. The molecule has 0 saturated heterocycles. The van der Waals surface area contributed by atoms with Gasteiger partial charge in [0.05, 0.1) is 6.10 Å². The molecule has 1 aromatic rings. The third-order valence-corrected chi connectivity index (χ3v) is 4.68. The van der Waals surface area contributed by atoms with Gasteiger partial charge < -0.3 is 25.2 Å². The molecule has 0 radical (unpaired) electrons. The van der Waals surface area contributed by atoms with Crippen LogP contribution >= 0.6 is 0 Å². The van der Waals surface area contributed by atoms with E-state index in [0.29, 0.717) is 24.5 Å². The van der Waals surface area contributed by atoms with Crippen LogP contribution < -0.4 is 20.1 Å². The standard InChI is InChI=1S/C18H26N2O4/c21-15(13-7-8-16-17(11-13)24-12-23-16)9-10-19-18(22)20-14-5-3-1-2-4-6-14/h7-8,11,14-15,21H,1-6,9-10,12H2,(H2,19,20,22). The summed E-state index contributed by atoms with van der Waals surface area (Å²) in [6, 6.07) is 5.56. The summed E-state index contributed by atoms with van der Waals surface area (Å²) in [7, 11) is 0. The molecule has 3 rings (SSSR count). The lowest BCUT2D eigenvalue weighted by Gasteiger charge is -2.17. The Morgan fingerprint density at radius 2 is 1.92 bits per heavy atom. The number of hydrogen-bond donors (Lipinski definition) is 3. The fourth-order valence-electron chi connectivity index (χ4n) is 3.27. The van der Waals surface area contributed by atoms with E-state index >= 15 is 0 Å².